The van der Waals surface area contributed by atoms with Crippen LogP contribution >= 0.6 is 0 Å². The van der Waals surface area contributed by atoms with Crippen molar-refractivity contribution in [2.24, 2.45) is 5.73 Å². The number of hydrogen-bond donors (Lipinski definition) is 2. The molecule has 3 N–H and O–H groups in total. The maximum Gasteiger partial charge on any atom is 0.411 e. The van der Waals surface area contributed by atoms with Gasteiger partial charge in [0.05, 0.1) is 6.61 Å². The van der Waals surface area contributed by atoms with Gasteiger partial charge in [-0.3, -0.25) is 0 Å². The molecule has 0 saturated carbocycles. The average molecular weight is 330 g/mol. The number of alkyl halides is 3. The lowest BCUT2D eigenvalue weighted by atomic mass is 10.2. The van der Waals surface area contributed by atoms with E-state index >= 15 is 0 Å². The quantitative estimate of drug-likeness (QED) is 0.580. The van der Waals surface area contributed by atoms with E-state index in [4.69, 9.17) is 5.73 Å². The molecule has 0 atom stereocenters. The fourth-order valence-electron chi connectivity index (χ4n) is 1.39. The van der Waals surface area contributed by atoms with Crippen LogP contribution < -0.4 is 10.5 Å². The van der Waals surface area contributed by atoms with Gasteiger partial charge in [0.2, 0.25) is 10.0 Å². The third-order valence-corrected chi connectivity index (χ3v) is 3.80. The van der Waals surface area contributed by atoms with Gasteiger partial charge in [-0.25, -0.2) is 17.5 Å². The molecule has 0 bridgehead atoms. The molecule has 1 rings (SSSR count). The molecule has 1 aromatic carbocycles. The molecule has 0 amide bonds. The molecule has 0 aliphatic heterocycles. The Bertz CT molecular complexity index is 575. The lowest BCUT2D eigenvalue weighted by Gasteiger charge is -2.10. The summed E-state index contributed by atoms with van der Waals surface area (Å²) in [5.74, 6) is -0.976. The zero-order valence-electron chi connectivity index (χ0n) is 10.8. The zero-order chi connectivity index (χ0) is 16.1. The van der Waals surface area contributed by atoms with Crippen molar-refractivity contribution < 1.29 is 30.7 Å². The van der Waals surface area contributed by atoms with E-state index in [9.17, 15) is 26.0 Å². The minimum Gasteiger partial charge on any atom is -0.371 e. The number of nitrogens with one attached hydrogen (secondary N) is 1. The van der Waals surface area contributed by atoms with Crippen LogP contribution in [-0.2, 0) is 21.3 Å². The molecule has 0 spiro atoms. The zero-order valence-corrected chi connectivity index (χ0v) is 11.6. The van der Waals surface area contributed by atoms with Gasteiger partial charge in [0.25, 0.3) is 0 Å². The second-order valence-electron chi connectivity index (χ2n) is 4.03. The first-order valence-corrected chi connectivity index (χ1v) is 7.26. The molecule has 0 fully saturated rings. The highest BCUT2D eigenvalue weighted by Crippen LogP contribution is 2.16. The summed E-state index contributed by atoms with van der Waals surface area (Å²) in [7, 11) is -4.18. The van der Waals surface area contributed by atoms with Crippen LogP contribution in [0.2, 0.25) is 0 Å². The maximum absolute atomic E-state index is 13.5. The van der Waals surface area contributed by atoms with E-state index < -0.39 is 46.7 Å². The minimum atomic E-state index is -4.49. The topological polar surface area (TPSA) is 81.4 Å². The Morgan fingerprint density at radius 2 is 1.95 bits per heavy atom. The van der Waals surface area contributed by atoms with Gasteiger partial charge in [0.1, 0.15) is 17.3 Å². The summed E-state index contributed by atoms with van der Waals surface area (Å²) < 4.78 is 78.7. The van der Waals surface area contributed by atoms with Crippen LogP contribution in [0.1, 0.15) is 5.56 Å². The first-order valence-electron chi connectivity index (χ1n) is 5.78. The van der Waals surface area contributed by atoms with E-state index in [1.807, 2.05) is 4.72 Å². The average Bonchev–Trinajstić information content (AvgIpc) is 2.37. The van der Waals surface area contributed by atoms with Crippen molar-refractivity contribution in [3.63, 3.8) is 0 Å². The molecule has 0 unspecified atom stereocenters. The molecular weight excluding hydrogens is 316 g/mol. The lowest BCUT2D eigenvalue weighted by molar-refractivity contribution is -0.173. The third kappa shape index (κ3) is 5.96. The number of nitrogens with two attached hydrogens (primary N) is 1. The molecular formula is C11H14F4N2O3S. The predicted molar refractivity (Wildman–Crippen MR) is 66.4 cm³/mol. The van der Waals surface area contributed by atoms with Crippen molar-refractivity contribution in [3.8, 4) is 0 Å². The summed E-state index contributed by atoms with van der Waals surface area (Å²) in [6.07, 6.45) is -4.49. The Balaban J connectivity index is 2.62. The first kappa shape index (κ1) is 17.8. The lowest BCUT2D eigenvalue weighted by Crippen LogP contribution is -2.29. The molecule has 1 aromatic rings. The number of sulfonamides is 1. The van der Waals surface area contributed by atoms with Gasteiger partial charge in [-0.1, -0.05) is 6.07 Å². The summed E-state index contributed by atoms with van der Waals surface area (Å²) >= 11 is 0. The van der Waals surface area contributed by atoms with Gasteiger partial charge in [-0.2, -0.15) is 13.2 Å². The van der Waals surface area contributed by atoms with Crippen molar-refractivity contribution >= 4 is 10.0 Å². The Kier molecular flexibility index (Phi) is 6.08. The van der Waals surface area contributed by atoms with Gasteiger partial charge >= 0.3 is 6.18 Å². The Labute approximate surface area is 119 Å². The molecule has 0 aromatic heterocycles. The van der Waals surface area contributed by atoms with Crippen LogP contribution in [0.15, 0.2) is 23.1 Å². The standard InChI is InChI=1S/C11H14F4N2O3S/c12-9-2-1-8(6-16)5-10(9)21(18,19)17-3-4-20-7-11(13,14)15/h1-2,5,17H,3-4,6-7,16H2. The molecule has 0 aliphatic carbocycles. The smallest absolute Gasteiger partial charge is 0.371 e. The van der Waals surface area contributed by atoms with Crippen molar-refractivity contribution in [1.29, 1.82) is 0 Å². The Morgan fingerprint density at radius 1 is 1.29 bits per heavy atom. The highest BCUT2D eigenvalue weighted by atomic mass is 32.2. The van der Waals surface area contributed by atoms with Crippen LogP contribution in [0.25, 0.3) is 0 Å². The predicted octanol–water partition coefficient (Wildman–Crippen LogP) is 1.14. The van der Waals surface area contributed by atoms with E-state index in [1.54, 1.807) is 0 Å². The van der Waals surface area contributed by atoms with Crippen molar-refractivity contribution in [2.75, 3.05) is 19.8 Å². The highest BCUT2D eigenvalue weighted by molar-refractivity contribution is 7.89. The van der Waals surface area contributed by atoms with Crippen molar-refractivity contribution in [3.05, 3.63) is 29.6 Å². The molecule has 0 heterocycles. The van der Waals surface area contributed by atoms with Gasteiger partial charge in [-0.15, -0.1) is 0 Å². The van der Waals surface area contributed by atoms with Crippen LogP contribution in [0, 0.1) is 5.82 Å². The third-order valence-electron chi connectivity index (χ3n) is 2.33. The van der Waals surface area contributed by atoms with Crippen LogP contribution in [0.3, 0.4) is 0 Å². The number of halogens is 4. The normalized spacial score (nSPS) is 12.6. The summed E-state index contributed by atoms with van der Waals surface area (Å²) in [6, 6.07) is 3.35. The number of hydrogen-bond acceptors (Lipinski definition) is 4. The molecule has 0 aliphatic rings. The van der Waals surface area contributed by atoms with E-state index in [-0.39, 0.29) is 6.54 Å². The Hall–Kier alpha value is -1.23. The number of benzene rings is 1. The minimum absolute atomic E-state index is 0.0253. The summed E-state index contributed by atoms with van der Waals surface area (Å²) in [4.78, 5) is -0.610. The second kappa shape index (κ2) is 7.16. The second-order valence-corrected chi connectivity index (χ2v) is 5.77. The summed E-state index contributed by atoms with van der Waals surface area (Å²) in [6.45, 7) is -2.36. The molecule has 0 radical (unpaired) electrons. The van der Waals surface area contributed by atoms with Gasteiger partial charge in [0, 0.05) is 13.1 Å². The maximum atomic E-state index is 13.5. The van der Waals surface area contributed by atoms with E-state index in [0.717, 1.165) is 12.1 Å². The Morgan fingerprint density at radius 3 is 2.52 bits per heavy atom. The number of rotatable bonds is 7. The van der Waals surface area contributed by atoms with Gasteiger partial charge in [-0.05, 0) is 17.7 Å². The van der Waals surface area contributed by atoms with Crippen LogP contribution in [0.5, 0.6) is 0 Å². The van der Waals surface area contributed by atoms with Gasteiger partial charge < -0.3 is 10.5 Å². The molecule has 120 valence electrons. The highest BCUT2D eigenvalue weighted by Gasteiger charge is 2.27. The molecule has 21 heavy (non-hydrogen) atoms. The summed E-state index contributed by atoms with van der Waals surface area (Å²) in [5.41, 5.74) is 5.74. The van der Waals surface area contributed by atoms with E-state index in [0.29, 0.717) is 5.56 Å². The van der Waals surface area contributed by atoms with Crippen molar-refractivity contribution in [2.45, 2.75) is 17.6 Å². The van der Waals surface area contributed by atoms with Crippen LogP contribution in [0.4, 0.5) is 17.6 Å². The summed E-state index contributed by atoms with van der Waals surface area (Å²) in [5, 5.41) is 0. The van der Waals surface area contributed by atoms with Crippen LogP contribution in [-0.4, -0.2) is 34.4 Å². The molecule has 5 nitrogen and oxygen atoms in total. The molecule has 10 heteroatoms. The molecule has 0 saturated heterocycles. The monoisotopic (exact) mass is 330 g/mol. The largest absolute Gasteiger partial charge is 0.411 e. The van der Waals surface area contributed by atoms with E-state index in [1.165, 1.54) is 6.07 Å². The van der Waals surface area contributed by atoms with E-state index in [2.05, 4.69) is 4.74 Å². The SMILES string of the molecule is NCc1ccc(F)c(S(=O)(=O)NCCOCC(F)(F)F)c1. The number of ether oxygens (including phenoxy) is 1. The fourth-order valence-corrected chi connectivity index (χ4v) is 2.53. The first-order chi connectivity index (χ1) is 9.65. The van der Waals surface area contributed by atoms with Crippen molar-refractivity contribution in [1.82, 2.24) is 4.72 Å². The fraction of sp³-hybridized carbons (Fsp3) is 0.455. The van der Waals surface area contributed by atoms with Gasteiger partial charge in [0.15, 0.2) is 0 Å².